The Labute approximate surface area is 188 Å². The summed E-state index contributed by atoms with van der Waals surface area (Å²) in [6.45, 7) is 9.86. The van der Waals surface area contributed by atoms with Gasteiger partial charge in [-0.25, -0.2) is 19.2 Å². The summed E-state index contributed by atoms with van der Waals surface area (Å²) in [4.78, 5) is 46.6. The van der Waals surface area contributed by atoms with Crippen molar-refractivity contribution in [1.82, 2.24) is 0 Å². The lowest BCUT2D eigenvalue weighted by molar-refractivity contribution is -0.142. The minimum Gasteiger partial charge on any atom is -0.462 e. The lowest BCUT2D eigenvalue weighted by atomic mass is 10.0. The number of carbonyl (C=O) groups is 4. The number of benzene rings is 1. The molecule has 2 aliphatic rings. The summed E-state index contributed by atoms with van der Waals surface area (Å²) in [5, 5.41) is 0. The Hall–Kier alpha value is -4.28. The van der Waals surface area contributed by atoms with Crippen LogP contribution in [0, 0.1) is 0 Å². The van der Waals surface area contributed by atoms with E-state index < -0.39 is 36.3 Å². The number of ether oxygens (including phenoxy) is 7. The van der Waals surface area contributed by atoms with Gasteiger partial charge in [0.05, 0.1) is 11.1 Å². The molecular weight excluding hydrogens is 440 g/mol. The lowest BCUT2D eigenvalue weighted by Crippen LogP contribution is -2.30. The molecule has 33 heavy (non-hydrogen) atoms. The number of hydrogen-bond donors (Lipinski definition) is 0. The van der Waals surface area contributed by atoms with E-state index >= 15 is 0 Å². The highest BCUT2D eigenvalue weighted by Gasteiger charge is 2.28. The number of fused-ring (bicyclic) bond motifs is 1. The summed E-state index contributed by atoms with van der Waals surface area (Å²) in [5.41, 5.74) is 0.771. The van der Waals surface area contributed by atoms with Gasteiger partial charge in [-0.1, -0.05) is 13.2 Å². The van der Waals surface area contributed by atoms with E-state index in [1.54, 1.807) is 0 Å². The van der Waals surface area contributed by atoms with Crippen molar-refractivity contribution in [3.05, 3.63) is 66.6 Å². The highest BCUT2D eigenvalue weighted by molar-refractivity contribution is 6.04. The number of carbonyl (C=O) groups excluding carboxylic acids is 4. The molecule has 1 fully saturated rings. The zero-order valence-corrected chi connectivity index (χ0v) is 17.4. The lowest BCUT2D eigenvalue weighted by Gasteiger charge is -2.19. The van der Waals surface area contributed by atoms with Gasteiger partial charge in [-0.05, 0) is 24.8 Å². The predicted octanol–water partition coefficient (Wildman–Crippen LogP) is 2.12. The fourth-order valence-corrected chi connectivity index (χ4v) is 2.73. The second kappa shape index (κ2) is 10.4. The van der Waals surface area contributed by atoms with Crippen molar-refractivity contribution < 1.29 is 52.3 Å². The van der Waals surface area contributed by atoms with Crippen LogP contribution in [0.1, 0.15) is 26.3 Å². The molecule has 174 valence electrons. The van der Waals surface area contributed by atoms with Crippen molar-refractivity contribution in [2.24, 2.45) is 0 Å². The molecule has 0 radical (unpaired) electrons. The minimum absolute atomic E-state index is 0.0354. The summed E-state index contributed by atoms with van der Waals surface area (Å²) in [5.74, 6) is -2.07. The van der Waals surface area contributed by atoms with Crippen LogP contribution in [0.15, 0.2) is 50.0 Å². The first-order valence-electron chi connectivity index (χ1n) is 9.60. The van der Waals surface area contributed by atoms with Gasteiger partial charge in [0.15, 0.2) is 12.2 Å². The third kappa shape index (κ3) is 6.12. The molecule has 0 amide bonds. The molecular formula is C22H20O11. The van der Waals surface area contributed by atoms with Crippen molar-refractivity contribution in [2.75, 3.05) is 26.4 Å². The van der Waals surface area contributed by atoms with E-state index in [1.807, 2.05) is 0 Å². The fraction of sp³-hybridized carbons (Fsp3) is 0.273. The number of hydrogen-bond acceptors (Lipinski definition) is 11. The first-order valence-corrected chi connectivity index (χ1v) is 9.60. The van der Waals surface area contributed by atoms with Crippen molar-refractivity contribution >= 4 is 29.8 Å². The smallest absolute Gasteiger partial charge is 0.462 e. The molecule has 11 heteroatoms. The summed E-state index contributed by atoms with van der Waals surface area (Å²) in [6, 6.07) is 4.22. The third-order valence-corrected chi connectivity index (χ3v) is 4.35. The number of cyclic esters (lactones) is 3. The van der Waals surface area contributed by atoms with E-state index in [9.17, 15) is 19.2 Å². The van der Waals surface area contributed by atoms with Crippen molar-refractivity contribution in [3.63, 3.8) is 0 Å². The van der Waals surface area contributed by atoms with Crippen molar-refractivity contribution in [3.8, 4) is 0 Å². The minimum atomic E-state index is -1.04. The van der Waals surface area contributed by atoms with Crippen LogP contribution in [-0.2, 0) is 38.0 Å². The quantitative estimate of drug-likeness (QED) is 0.208. The average Bonchev–Trinajstić information content (AvgIpc) is 3.35. The molecule has 0 saturated carbocycles. The van der Waals surface area contributed by atoms with Crippen molar-refractivity contribution in [2.45, 2.75) is 12.2 Å². The number of rotatable bonds is 11. The Morgan fingerprint density at radius 1 is 1.15 bits per heavy atom. The standard InChI is InChI=1S/C22H20O11/c1-4-19(23)29-10-15(8-27-13(3)28-9-16-11-30-22(26)33-16)32-20(24)14-5-6-17-18(7-14)12(2)31-21(17)25/h4-7,15-16H,1-3,8-11H2. The Morgan fingerprint density at radius 3 is 2.61 bits per heavy atom. The van der Waals surface area contributed by atoms with Crippen molar-refractivity contribution in [1.29, 1.82) is 0 Å². The SMILES string of the molecule is C=CC(=O)OCC(COC(=C)OCC1COC(=O)O1)OC(=O)c1ccc2c(c1)C(=C)OC2=O. The van der Waals surface area contributed by atoms with E-state index in [4.69, 9.17) is 28.4 Å². The Balaban J connectivity index is 1.57. The summed E-state index contributed by atoms with van der Waals surface area (Å²) in [7, 11) is 0. The van der Waals surface area contributed by atoms with Gasteiger partial charge in [-0.2, -0.15) is 0 Å². The normalized spacial score (nSPS) is 17.1. The highest BCUT2D eigenvalue weighted by Crippen LogP contribution is 2.29. The zero-order chi connectivity index (χ0) is 24.0. The van der Waals surface area contributed by atoms with Gasteiger partial charge in [0.25, 0.3) is 5.95 Å². The molecule has 3 rings (SSSR count). The first kappa shape index (κ1) is 23.4. The van der Waals surface area contributed by atoms with Crippen LogP contribution < -0.4 is 0 Å². The summed E-state index contributed by atoms with van der Waals surface area (Å²) < 4.78 is 35.2. The van der Waals surface area contributed by atoms with Crippen LogP contribution in [-0.4, -0.2) is 62.7 Å². The Kier molecular flexibility index (Phi) is 7.34. The molecule has 1 aromatic carbocycles. The second-order valence-corrected chi connectivity index (χ2v) is 6.73. The molecule has 0 spiro atoms. The largest absolute Gasteiger partial charge is 0.508 e. The van der Waals surface area contributed by atoms with Crippen LogP contribution in [0.5, 0.6) is 0 Å². The van der Waals surface area contributed by atoms with Crippen LogP contribution in [0.3, 0.4) is 0 Å². The highest BCUT2D eigenvalue weighted by atomic mass is 16.8. The van der Waals surface area contributed by atoms with E-state index in [-0.39, 0.29) is 49.3 Å². The zero-order valence-electron chi connectivity index (χ0n) is 17.4. The van der Waals surface area contributed by atoms with Gasteiger partial charge in [0.2, 0.25) is 0 Å². The first-order chi connectivity index (χ1) is 15.8. The molecule has 0 N–H and O–H groups in total. The molecule has 2 atom stereocenters. The maximum atomic E-state index is 12.6. The van der Waals surface area contributed by atoms with E-state index in [0.717, 1.165) is 6.08 Å². The van der Waals surface area contributed by atoms with Crippen LogP contribution in [0.2, 0.25) is 0 Å². The van der Waals surface area contributed by atoms with Crippen LogP contribution in [0.4, 0.5) is 4.79 Å². The summed E-state index contributed by atoms with van der Waals surface area (Å²) in [6.07, 6.45) is -1.48. The maximum absolute atomic E-state index is 12.6. The van der Waals surface area contributed by atoms with E-state index in [2.05, 4.69) is 24.5 Å². The van der Waals surface area contributed by atoms with Gasteiger partial charge in [0, 0.05) is 11.6 Å². The molecule has 0 bridgehead atoms. The van der Waals surface area contributed by atoms with E-state index in [0.29, 0.717) is 5.56 Å². The molecule has 1 saturated heterocycles. The fourth-order valence-electron chi connectivity index (χ4n) is 2.73. The molecule has 2 unspecified atom stereocenters. The molecule has 0 aliphatic carbocycles. The average molecular weight is 460 g/mol. The van der Waals surface area contributed by atoms with E-state index in [1.165, 1.54) is 18.2 Å². The maximum Gasteiger partial charge on any atom is 0.508 e. The molecule has 2 aliphatic heterocycles. The number of esters is 3. The van der Waals surface area contributed by atoms with Crippen LogP contribution in [0.25, 0.3) is 5.76 Å². The molecule has 1 aromatic rings. The topological polar surface area (TPSA) is 133 Å². The summed E-state index contributed by atoms with van der Waals surface area (Å²) >= 11 is 0. The molecule has 11 nitrogen and oxygen atoms in total. The predicted molar refractivity (Wildman–Crippen MR) is 109 cm³/mol. The van der Waals surface area contributed by atoms with Gasteiger partial charge in [-0.3, -0.25) is 0 Å². The van der Waals surface area contributed by atoms with Gasteiger partial charge in [-0.15, -0.1) is 0 Å². The van der Waals surface area contributed by atoms with Crippen LogP contribution >= 0.6 is 0 Å². The monoisotopic (exact) mass is 460 g/mol. The Morgan fingerprint density at radius 2 is 1.91 bits per heavy atom. The van der Waals surface area contributed by atoms with Gasteiger partial charge >= 0.3 is 24.1 Å². The van der Waals surface area contributed by atoms with Gasteiger partial charge < -0.3 is 33.2 Å². The molecule has 0 aromatic heterocycles. The third-order valence-electron chi connectivity index (χ3n) is 4.35. The van der Waals surface area contributed by atoms with Gasteiger partial charge in [0.1, 0.15) is 32.2 Å². The Bertz CT molecular complexity index is 1010. The molecule has 2 heterocycles. The second-order valence-electron chi connectivity index (χ2n) is 6.73.